The number of Topliss-reactive ketones (excluding diaryl/α,β-unsaturated/α-hetero) is 1. The highest BCUT2D eigenvalue weighted by molar-refractivity contribution is 7.15. The minimum absolute atomic E-state index is 0.00938. The number of carbonyl (C=O) groups excluding carboxylic acids is 2. The van der Waals surface area contributed by atoms with Crippen LogP contribution in [0.3, 0.4) is 0 Å². The molecule has 7 nitrogen and oxygen atoms in total. The van der Waals surface area contributed by atoms with Crippen molar-refractivity contribution in [1.82, 2.24) is 10.2 Å². The highest BCUT2D eigenvalue weighted by atomic mass is 32.1. The summed E-state index contributed by atoms with van der Waals surface area (Å²) in [6.07, 6.45) is 0. The maximum absolute atomic E-state index is 13.2. The van der Waals surface area contributed by atoms with Crippen molar-refractivity contribution in [3.05, 3.63) is 111 Å². The zero-order valence-corrected chi connectivity index (χ0v) is 21.5. The van der Waals surface area contributed by atoms with E-state index in [-0.39, 0.29) is 11.3 Å². The largest absolute Gasteiger partial charge is 0.507 e. The molecule has 1 N–H and O–H groups in total. The van der Waals surface area contributed by atoms with Gasteiger partial charge in [-0.25, -0.2) is 0 Å². The quantitative estimate of drug-likeness (QED) is 0.204. The SMILES string of the molecule is Cc1ccc([C@@H]2C(=C(O)c3ccc(OCc4cccc(C)c4)cc3)C(=O)C(=O)N2c2nnc(C)s2)cc1. The average molecular weight is 512 g/mol. The topological polar surface area (TPSA) is 92.6 Å². The van der Waals surface area contributed by atoms with Gasteiger partial charge in [0.1, 0.15) is 23.1 Å². The van der Waals surface area contributed by atoms with Crippen LogP contribution < -0.4 is 9.64 Å². The first-order valence-electron chi connectivity index (χ1n) is 11.8. The fourth-order valence-electron chi connectivity index (χ4n) is 4.31. The van der Waals surface area contributed by atoms with Crippen LogP contribution in [0.1, 0.15) is 38.9 Å². The van der Waals surface area contributed by atoms with E-state index in [0.717, 1.165) is 16.7 Å². The molecule has 1 aliphatic rings. The van der Waals surface area contributed by atoms with E-state index < -0.39 is 17.7 Å². The summed E-state index contributed by atoms with van der Waals surface area (Å²) in [6, 6.07) is 21.6. The lowest BCUT2D eigenvalue weighted by Gasteiger charge is -2.22. The van der Waals surface area contributed by atoms with E-state index >= 15 is 0 Å². The Morgan fingerprint density at radius 2 is 1.68 bits per heavy atom. The highest BCUT2D eigenvalue weighted by Crippen LogP contribution is 2.43. The average Bonchev–Trinajstić information content (AvgIpc) is 3.43. The number of rotatable bonds is 6. The number of hydrogen-bond acceptors (Lipinski definition) is 7. The van der Waals surface area contributed by atoms with Crippen LogP contribution in [0, 0.1) is 20.8 Å². The van der Waals surface area contributed by atoms with Crippen LogP contribution in [0.5, 0.6) is 5.75 Å². The third-order valence-corrected chi connectivity index (χ3v) is 7.01. The Morgan fingerprint density at radius 3 is 2.32 bits per heavy atom. The zero-order valence-electron chi connectivity index (χ0n) is 20.6. The predicted octanol–water partition coefficient (Wildman–Crippen LogP) is 5.67. The Hall–Kier alpha value is -4.30. The second-order valence-corrected chi connectivity index (χ2v) is 10.1. The van der Waals surface area contributed by atoms with E-state index in [1.807, 2.05) is 56.3 Å². The van der Waals surface area contributed by atoms with E-state index in [4.69, 9.17) is 4.74 Å². The molecule has 37 heavy (non-hydrogen) atoms. The Bertz CT molecular complexity index is 1510. The summed E-state index contributed by atoms with van der Waals surface area (Å²) >= 11 is 1.22. The van der Waals surface area contributed by atoms with Crippen molar-refractivity contribution in [2.24, 2.45) is 0 Å². The first-order valence-corrected chi connectivity index (χ1v) is 12.6. The number of ether oxygens (including phenoxy) is 1. The molecule has 0 aliphatic carbocycles. The molecule has 5 rings (SSSR count). The second-order valence-electron chi connectivity index (χ2n) is 8.99. The lowest BCUT2D eigenvalue weighted by atomic mass is 9.95. The summed E-state index contributed by atoms with van der Waals surface area (Å²) in [6.45, 7) is 6.17. The molecule has 1 atom stereocenters. The van der Waals surface area contributed by atoms with Crippen LogP contribution >= 0.6 is 11.3 Å². The summed E-state index contributed by atoms with van der Waals surface area (Å²) in [5.41, 5.74) is 4.36. The lowest BCUT2D eigenvalue weighted by Crippen LogP contribution is -2.29. The van der Waals surface area contributed by atoms with Gasteiger partial charge < -0.3 is 9.84 Å². The molecule has 1 fully saturated rings. The first-order chi connectivity index (χ1) is 17.8. The molecular weight excluding hydrogens is 486 g/mol. The summed E-state index contributed by atoms with van der Waals surface area (Å²) in [4.78, 5) is 27.7. The number of nitrogens with zero attached hydrogens (tertiary/aromatic N) is 3. The molecule has 0 bridgehead atoms. The van der Waals surface area contributed by atoms with E-state index in [1.54, 1.807) is 31.2 Å². The number of aliphatic hydroxyl groups is 1. The summed E-state index contributed by atoms with van der Waals surface area (Å²) < 4.78 is 5.88. The monoisotopic (exact) mass is 511 g/mol. The number of anilines is 1. The molecular formula is C29H25N3O4S. The highest BCUT2D eigenvalue weighted by Gasteiger charge is 2.48. The number of hydrogen-bond donors (Lipinski definition) is 1. The van der Waals surface area contributed by atoms with Gasteiger partial charge in [-0.15, -0.1) is 10.2 Å². The molecule has 0 radical (unpaired) electrons. The lowest BCUT2D eigenvalue weighted by molar-refractivity contribution is -0.132. The van der Waals surface area contributed by atoms with Crippen LogP contribution in [-0.2, 0) is 16.2 Å². The van der Waals surface area contributed by atoms with E-state index in [0.29, 0.717) is 33.6 Å². The molecule has 0 unspecified atom stereocenters. The molecule has 0 saturated carbocycles. The number of aliphatic hydroxyl groups excluding tert-OH is 1. The van der Waals surface area contributed by atoms with Gasteiger partial charge in [0, 0.05) is 5.56 Å². The van der Waals surface area contributed by atoms with Crippen molar-refractivity contribution in [3.63, 3.8) is 0 Å². The Kier molecular flexibility index (Phi) is 6.58. The van der Waals surface area contributed by atoms with Crippen molar-refractivity contribution < 1.29 is 19.4 Å². The molecule has 4 aromatic rings. The standard InChI is InChI=1S/C29H25N3O4S/c1-17-7-9-21(10-8-17)25-24(27(34)28(35)32(25)29-31-30-19(3)37-29)26(33)22-11-13-23(14-12-22)36-16-20-6-4-5-18(2)15-20/h4-15,25,33H,16H2,1-3H3/t25-/m1/s1. The molecule has 1 aromatic heterocycles. The number of amides is 1. The van der Waals surface area contributed by atoms with Crippen LogP contribution in [0.4, 0.5) is 5.13 Å². The maximum Gasteiger partial charge on any atom is 0.301 e. The normalized spacial score (nSPS) is 16.8. The number of aromatic nitrogens is 2. The van der Waals surface area contributed by atoms with Crippen molar-refractivity contribution in [2.75, 3.05) is 4.90 Å². The number of carbonyl (C=O) groups is 2. The van der Waals surface area contributed by atoms with Gasteiger partial charge in [0.2, 0.25) is 5.13 Å². The maximum atomic E-state index is 13.2. The predicted molar refractivity (Wildman–Crippen MR) is 143 cm³/mol. The Balaban J connectivity index is 1.50. The fourth-order valence-corrected chi connectivity index (χ4v) is 5.02. The fraction of sp³-hybridized carbons (Fsp3) is 0.172. The van der Waals surface area contributed by atoms with Crippen molar-refractivity contribution in [2.45, 2.75) is 33.4 Å². The minimum atomic E-state index is -0.829. The van der Waals surface area contributed by atoms with Crippen molar-refractivity contribution >= 4 is 33.9 Å². The summed E-state index contributed by atoms with van der Waals surface area (Å²) in [7, 11) is 0. The third kappa shape index (κ3) is 4.88. The zero-order chi connectivity index (χ0) is 26.1. The molecule has 2 heterocycles. The number of benzene rings is 3. The smallest absolute Gasteiger partial charge is 0.301 e. The van der Waals surface area contributed by atoms with Gasteiger partial charge in [-0.3, -0.25) is 14.5 Å². The van der Waals surface area contributed by atoms with Crippen LogP contribution in [-0.4, -0.2) is 27.0 Å². The van der Waals surface area contributed by atoms with Crippen LogP contribution in [0.2, 0.25) is 0 Å². The third-order valence-electron chi connectivity index (χ3n) is 6.17. The van der Waals surface area contributed by atoms with Crippen molar-refractivity contribution in [3.8, 4) is 5.75 Å². The minimum Gasteiger partial charge on any atom is -0.507 e. The van der Waals surface area contributed by atoms with Gasteiger partial charge in [0.25, 0.3) is 5.78 Å². The van der Waals surface area contributed by atoms with Gasteiger partial charge in [0.15, 0.2) is 0 Å². The first kappa shape index (κ1) is 24.4. The second kappa shape index (κ2) is 9.99. The molecule has 1 amide bonds. The van der Waals surface area contributed by atoms with Gasteiger partial charge in [-0.1, -0.05) is 71.0 Å². The van der Waals surface area contributed by atoms with E-state index in [1.165, 1.54) is 16.2 Å². The molecule has 0 spiro atoms. The molecule has 1 saturated heterocycles. The van der Waals surface area contributed by atoms with Gasteiger partial charge in [-0.2, -0.15) is 0 Å². The van der Waals surface area contributed by atoms with Crippen LogP contribution in [0.25, 0.3) is 5.76 Å². The summed E-state index contributed by atoms with van der Waals surface area (Å²) in [5.74, 6) is -1.15. The van der Waals surface area contributed by atoms with Gasteiger partial charge in [0.05, 0.1) is 11.6 Å². The molecule has 8 heteroatoms. The summed E-state index contributed by atoms with van der Waals surface area (Å²) in [5, 5.41) is 20.4. The molecule has 186 valence electrons. The van der Waals surface area contributed by atoms with Gasteiger partial charge in [-0.05, 0) is 56.2 Å². The van der Waals surface area contributed by atoms with Crippen LogP contribution in [0.15, 0.2) is 78.4 Å². The number of aryl methyl sites for hydroxylation is 3. The van der Waals surface area contributed by atoms with Gasteiger partial charge >= 0.3 is 5.91 Å². The van der Waals surface area contributed by atoms with E-state index in [2.05, 4.69) is 16.3 Å². The molecule has 3 aromatic carbocycles. The van der Waals surface area contributed by atoms with Crippen molar-refractivity contribution in [1.29, 1.82) is 0 Å². The number of ketones is 1. The van der Waals surface area contributed by atoms with E-state index in [9.17, 15) is 14.7 Å². The Labute approximate surface area is 218 Å². The Morgan fingerprint density at radius 1 is 0.946 bits per heavy atom. The molecule has 1 aliphatic heterocycles.